The zero-order valence-electron chi connectivity index (χ0n) is 12.7. The molecule has 4 nitrogen and oxygen atoms in total. The Labute approximate surface area is 130 Å². The van der Waals surface area contributed by atoms with Crippen molar-refractivity contribution in [2.75, 3.05) is 23.4 Å². The van der Waals surface area contributed by atoms with Crippen LogP contribution in [-0.2, 0) is 17.7 Å². The SMILES string of the molecule is CCOC(=O)Nc1ccc(N2CCc3ccccc3C2)cc1. The molecule has 0 saturated heterocycles. The van der Waals surface area contributed by atoms with E-state index in [-0.39, 0.29) is 0 Å². The van der Waals surface area contributed by atoms with Gasteiger partial charge in [-0.2, -0.15) is 0 Å². The Kier molecular flexibility index (Phi) is 4.28. The summed E-state index contributed by atoms with van der Waals surface area (Å²) in [6.07, 6.45) is 0.654. The summed E-state index contributed by atoms with van der Waals surface area (Å²) >= 11 is 0. The van der Waals surface area contributed by atoms with Crippen molar-refractivity contribution in [3.8, 4) is 0 Å². The number of hydrogen-bond acceptors (Lipinski definition) is 3. The van der Waals surface area contributed by atoms with E-state index < -0.39 is 6.09 Å². The van der Waals surface area contributed by atoms with Crippen LogP contribution in [0.5, 0.6) is 0 Å². The molecule has 0 unspecified atom stereocenters. The number of nitrogens with one attached hydrogen (secondary N) is 1. The predicted octanol–water partition coefficient (Wildman–Crippen LogP) is 3.82. The minimum absolute atomic E-state index is 0.372. The molecule has 114 valence electrons. The average Bonchev–Trinajstić information content (AvgIpc) is 2.55. The van der Waals surface area contributed by atoms with E-state index in [0.717, 1.165) is 25.2 Å². The van der Waals surface area contributed by atoms with Gasteiger partial charge in [0.1, 0.15) is 0 Å². The van der Waals surface area contributed by atoms with Gasteiger partial charge < -0.3 is 9.64 Å². The van der Waals surface area contributed by atoms with Crippen LogP contribution in [0.4, 0.5) is 16.2 Å². The van der Waals surface area contributed by atoms with Crippen LogP contribution in [0.2, 0.25) is 0 Å². The van der Waals surface area contributed by atoms with Crippen molar-refractivity contribution >= 4 is 17.5 Å². The van der Waals surface area contributed by atoms with Crippen molar-refractivity contribution in [1.29, 1.82) is 0 Å². The van der Waals surface area contributed by atoms with E-state index >= 15 is 0 Å². The van der Waals surface area contributed by atoms with Gasteiger partial charge in [-0.3, -0.25) is 5.32 Å². The first-order valence-electron chi connectivity index (χ1n) is 7.62. The molecule has 3 rings (SSSR count). The Morgan fingerprint density at radius 1 is 1.14 bits per heavy atom. The molecule has 2 aromatic carbocycles. The highest BCUT2D eigenvalue weighted by Gasteiger charge is 2.15. The van der Waals surface area contributed by atoms with Gasteiger partial charge in [0.25, 0.3) is 0 Å². The summed E-state index contributed by atoms with van der Waals surface area (Å²) in [4.78, 5) is 13.8. The van der Waals surface area contributed by atoms with Crippen LogP contribution in [0, 0.1) is 0 Å². The molecule has 0 spiro atoms. The maximum Gasteiger partial charge on any atom is 0.411 e. The third kappa shape index (κ3) is 3.22. The van der Waals surface area contributed by atoms with Gasteiger partial charge in [0.15, 0.2) is 0 Å². The first kappa shape index (κ1) is 14.4. The second-order valence-electron chi connectivity index (χ2n) is 5.33. The highest BCUT2D eigenvalue weighted by atomic mass is 16.5. The molecule has 1 heterocycles. The predicted molar refractivity (Wildman–Crippen MR) is 88.3 cm³/mol. The number of carbonyl (C=O) groups is 1. The number of ether oxygens (including phenoxy) is 1. The number of nitrogens with zero attached hydrogens (tertiary/aromatic N) is 1. The number of rotatable bonds is 3. The minimum Gasteiger partial charge on any atom is -0.450 e. The van der Waals surface area contributed by atoms with E-state index in [9.17, 15) is 4.79 Å². The molecule has 0 radical (unpaired) electrons. The van der Waals surface area contributed by atoms with E-state index in [1.807, 2.05) is 24.3 Å². The van der Waals surface area contributed by atoms with Crippen LogP contribution in [0.15, 0.2) is 48.5 Å². The summed E-state index contributed by atoms with van der Waals surface area (Å²) in [6, 6.07) is 16.5. The normalized spacial score (nSPS) is 13.4. The third-order valence-electron chi connectivity index (χ3n) is 3.88. The molecule has 1 amide bonds. The molecule has 0 saturated carbocycles. The molecular formula is C18H20N2O2. The standard InChI is InChI=1S/C18H20N2O2/c1-2-22-18(21)19-16-7-9-17(10-8-16)20-12-11-14-5-3-4-6-15(14)13-20/h3-10H,2,11-13H2,1H3,(H,19,21). The number of hydrogen-bond donors (Lipinski definition) is 1. The first-order valence-corrected chi connectivity index (χ1v) is 7.62. The molecule has 1 aliphatic heterocycles. The summed E-state index contributed by atoms with van der Waals surface area (Å²) < 4.78 is 4.87. The maximum atomic E-state index is 11.4. The molecule has 0 fully saturated rings. The number of carbonyl (C=O) groups excluding carboxylic acids is 1. The van der Waals surface area contributed by atoms with Crippen molar-refractivity contribution in [2.24, 2.45) is 0 Å². The van der Waals surface area contributed by atoms with Crippen molar-refractivity contribution < 1.29 is 9.53 Å². The highest BCUT2D eigenvalue weighted by Crippen LogP contribution is 2.25. The minimum atomic E-state index is -0.415. The van der Waals surface area contributed by atoms with Gasteiger partial charge in [-0.05, 0) is 48.7 Å². The van der Waals surface area contributed by atoms with Gasteiger partial charge in [-0.25, -0.2) is 4.79 Å². The van der Waals surface area contributed by atoms with E-state index in [1.54, 1.807) is 6.92 Å². The summed E-state index contributed by atoms with van der Waals surface area (Å²) in [7, 11) is 0. The van der Waals surface area contributed by atoms with Gasteiger partial charge in [0.05, 0.1) is 6.61 Å². The Morgan fingerprint density at radius 2 is 1.86 bits per heavy atom. The summed E-state index contributed by atoms with van der Waals surface area (Å²) in [5.74, 6) is 0. The molecule has 1 aliphatic rings. The lowest BCUT2D eigenvalue weighted by molar-refractivity contribution is 0.168. The second kappa shape index (κ2) is 6.52. The lowest BCUT2D eigenvalue weighted by Crippen LogP contribution is -2.30. The van der Waals surface area contributed by atoms with Gasteiger partial charge in [0, 0.05) is 24.5 Å². The Bertz CT molecular complexity index is 652. The van der Waals surface area contributed by atoms with Gasteiger partial charge in [-0.1, -0.05) is 24.3 Å². The maximum absolute atomic E-state index is 11.4. The monoisotopic (exact) mass is 296 g/mol. The molecule has 1 N–H and O–H groups in total. The molecule has 0 aromatic heterocycles. The largest absolute Gasteiger partial charge is 0.450 e. The molecule has 0 bridgehead atoms. The molecular weight excluding hydrogens is 276 g/mol. The number of fused-ring (bicyclic) bond motifs is 1. The zero-order valence-corrected chi connectivity index (χ0v) is 12.7. The average molecular weight is 296 g/mol. The van der Waals surface area contributed by atoms with Crippen molar-refractivity contribution in [2.45, 2.75) is 19.9 Å². The summed E-state index contributed by atoms with van der Waals surface area (Å²) in [5, 5.41) is 2.71. The van der Waals surface area contributed by atoms with Gasteiger partial charge in [0.2, 0.25) is 0 Å². The van der Waals surface area contributed by atoms with Crippen LogP contribution >= 0.6 is 0 Å². The summed E-state index contributed by atoms with van der Waals surface area (Å²) in [5.41, 5.74) is 4.75. The molecule has 0 atom stereocenters. The van der Waals surface area contributed by atoms with Gasteiger partial charge >= 0.3 is 6.09 Å². The highest BCUT2D eigenvalue weighted by molar-refractivity contribution is 5.84. The van der Waals surface area contributed by atoms with E-state index in [1.165, 1.54) is 16.8 Å². The quantitative estimate of drug-likeness (QED) is 0.936. The Hall–Kier alpha value is -2.49. The van der Waals surface area contributed by atoms with Crippen molar-refractivity contribution in [3.05, 3.63) is 59.7 Å². The Balaban J connectivity index is 1.68. The molecule has 2 aromatic rings. The Morgan fingerprint density at radius 3 is 2.59 bits per heavy atom. The lowest BCUT2D eigenvalue weighted by Gasteiger charge is -2.30. The first-order chi connectivity index (χ1) is 10.8. The number of benzene rings is 2. The topological polar surface area (TPSA) is 41.6 Å². The summed E-state index contributed by atoms with van der Waals surface area (Å²) in [6.45, 7) is 4.11. The van der Waals surface area contributed by atoms with Gasteiger partial charge in [-0.15, -0.1) is 0 Å². The third-order valence-corrected chi connectivity index (χ3v) is 3.88. The smallest absolute Gasteiger partial charge is 0.411 e. The van der Waals surface area contributed by atoms with E-state index in [0.29, 0.717) is 6.61 Å². The van der Waals surface area contributed by atoms with Crippen molar-refractivity contribution in [3.63, 3.8) is 0 Å². The second-order valence-corrected chi connectivity index (χ2v) is 5.33. The van der Waals surface area contributed by atoms with E-state index in [4.69, 9.17) is 4.74 Å². The fourth-order valence-corrected chi connectivity index (χ4v) is 2.76. The fraction of sp³-hybridized carbons (Fsp3) is 0.278. The van der Waals surface area contributed by atoms with Crippen LogP contribution in [0.1, 0.15) is 18.1 Å². The van der Waals surface area contributed by atoms with Crippen molar-refractivity contribution in [1.82, 2.24) is 0 Å². The fourth-order valence-electron chi connectivity index (χ4n) is 2.76. The van der Waals surface area contributed by atoms with Crippen LogP contribution in [-0.4, -0.2) is 19.2 Å². The zero-order chi connectivity index (χ0) is 15.4. The molecule has 4 heteroatoms. The van der Waals surface area contributed by atoms with Crippen LogP contribution < -0.4 is 10.2 Å². The van der Waals surface area contributed by atoms with E-state index in [2.05, 4.69) is 34.5 Å². The molecule has 22 heavy (non-hydrogen) atoms. The number of amides is 1. The molecule has 0 aliphatic carbocycles. The number of anilines is 2. The van der Waals surface area contributed by atoms with Crippen LogP contribution in [0.3, 0.4) is 0 Å². The van der Waals surface area contributed by atoms with Crippen LogP contribution in [0.25, 0.3) is 0 Å². The lowest BCUT2D eigenvalue weighted by atomic mass is 9.99.